The molecular weight excluding hydrogens is 341 g/mol. The lowest BCUT2D eigenvalue weighted by Gasteiger charge is -2.15. The van der Waals surface area contributed by atoms with Crippen molar-refractivity contribution in [2.45, 2.75) is 13.1 Å². The molecule has 0 bridgehead atoms. The summed E-state index contributed by atoms with van der Waals surface area (Å²) in [5.41, 5.74) is -3.47. The average Bonchev–Trinajstić information content (AvgIpc) is 2.53. The monoisotopic (exact) mass is 352 g/mol. The first kappa shape index (κ1) is 16.8. The van der Waals surface area contributed by atoms with Gasteiger partial charge in [0.25, 0.3) is 0 Å². The number of ether oxygens (including phenoxy) is 1. The number of carbonyl (C=O) groups excluding carboxylic acids is 1. The van der Waals surface area contributed by atoms with E-state index in [-0.39, 0.29) is 23.0 Å². The predicted molar refractivity (Wildman–Crippen MR) is 82.6 cm³/mol. The first-order valence-electron chi connectivity index (χ1n) is 7.21. The van der Waals surface area contributed by atoms with Crippen molar-refractivity contribution in [1.82, 2.24) is 0 Å². The van der Waals surface area contributed by atoms with Crippen molar-refractivity contribution < 1.29 is 32.2 Å². The number of phenolic OH excluding ortho intramolecular Hbond substituents is 1. The molecule has 1 N–H and O–H groups in total. The van der Waals surface area contributed by atoms with E-state index in [2.05, 4.69) is 4.74 Å². The number of benzene rings is 2. The van der Waals surface area contributed by atoms with Gasteiger partial charge in [-0.25, -0.2) is 9.59 Å². The van der Waals surface area contributed by atoms with Gasteiger partial charge in [-0.05, 0) is 19.1 Å². The van der Waals surface area contributed by atoms with Crippen molar-refractivity contribution in [2.24, 2.45) is 0 Å². The van der Waals surface area contributed by atoms with Crippen LogP contribution in [0.3, 0.4) is 0 Å². The lowest BCUT2D eigenvalue weighted by Crippen LogP contribution is -2.17. The number of phenols is 1. The Morgan fingerprint density at radius 2 is 1.92 bits per heavy atom. The van der Waals surface area contributed by atoms with E-state index in [1.165, 1.54) is 19.1 Å². The number of hydrogen-bond acceptors (Lipinski definition) is 5. The Morgan fingerprint density at radius 1 is 1.24 bits per heavy atom. The Kier molecular flexibility index (Phi) is 3.90. The van der Waals surface area contributed by atoms with Crippen molar-refractivity contribution >= 4 is 27.7 Å². The summed E-state index contributed by atoms with van der Waals surface area (Å²) in [6, 6.07) is 6.62. The van der Waals surface area contributed by atoms with E-state index < -0.39 is 40.0 Å². The fraction of sp³-hybridized carbons (Fsp3) is 0.176. The zero-order valence-electron chi connectivity index (χ0n) is 12.8. The van der Waals surface area contributed by atoms with Crippen molar-refractivity contribution in [3.05, 3.63) is 51.9 Å². The fourth-order valence-electron chi connectivity index (χ4n) is 2.65. The van der Waals surface area contributed by atoms with Crippen LogP contribution in [0.2, 0.25) is 0 Å². The van der Waals surface area contributed by atoms with E-state index >= 15 is 0 Å². The van der Waals surface area contributed by atoms with E-state index in [4.69, 9.17) is 4.42 Å². The number of hydrogen-bond donors (Lipinski definition) is 1. The van der Waals surface area contributed by atoms with Gasteiger partial charge in [-0.3, -0.25) is 0 Å². The van der Waals surface area contributed by atoms with Crippen LogP contribution in [0.25, 0.3) is 21.7 Å². The maximum atomic E-state index is 13.4. The lowest BCUT2D eigenvalue weighted by atomic mass is 9.97. The highest BCUT2D eigenvalue weighted by molar-refractivity contribution is 6.10. The SMILES string of the molecule is CCOC(=O)c1c(C(F)(F)F)cc2c(c1O)c(=O)oc1ccccc12. The van der Waals surface area contributed by atoms with Crippen molar-refractivity contribution in [3.63, 3.8) is 0 Å². The van der Waals surface area contributed by atoms with Gasteiger partial charge in [0.1, 0.15) is 22.3 Å². The molecule has 0 fully saturated rings. The maximum absolute atomic E-state index is 13.4. The molecule has 0 spiro atoms. The highest BCUT2D eigenvalue weighted by Crippen LogP contribution is 2.41. The third-order valence-electron chi connectivity index (χ3n) is 3.67. The van der Waals surface area contributed by atoms with Gasteiger partial charge in [0, 0.05) is 10.8 Å². The van der Waals surface area contributed by atoms with Gasteiger partial charge in [-0.1, -0.05) is 18.2 Å². The molecule has 0 amide bonds. The normalized spacial score (nSPS) is 11.8. The van der Waals surface area contributed by atoms with E-state index in [0.29, 0.717) is 6.07 Å². The Hall–Kier alpha value is -3.03. The molecule has 1 aromatic heterocycles. The second-order valence-electron chi connectivity index (χ2n) is 5.17. The summed E-state index contributed by atoms with van der Waals surface area (Å²) >= 11 is 0. The Bertz CT molecular complexity index is 1050. The van der Waals surface area contributed by atoms with Crippen molar-refractivity contribution in [1.29, 1.82) is 0 Å². The number of para-hydroxylation sites is 1. The van der Waals surface area contributed by atoms with E-state index in [1.54, 1.807) is 12.1 Å². The number of aromatic hydroxyl groups is 1. The van der Waals surface area contributed by atoms with Crippen LogP contribution in [0.4, 0.5) is 13.2 Å². The molecule has 0 saturated carbocycles. The molecule has 2 aromatic carbocycles. The second kappa shape index (κ2) is 5.80. The molecule has 0 aliphatic rings. The first-order chi connectivity index (χ1) is 11.8. The van der Waals surface area contributed by atoms with Crippen molar-refractivity contribution in [3.8, 4) is 5.75 Å². The molecule has 0 aliphatic carbocycles. The highest BCUT2D eigenvalue weighted by atomic mass is 19.4. The van der Waals surface area contributed by atoms with Crippen LogP contribution in [0, 0.1) is 0 Å². The molecule has 5 nitrogen and oxygen atoms in total. The molecule has 0 saturated heterocycles. The number of carbonyl (C=O) groups is 1. The van der Waals surface area contributed by atoms with E-state index in [0.717, 1.165) is 0 Å². The topological polar surface area (TPSA) is 76.7 Å². The van der Waals surface area contributed by atoms with Crippen LogP contribution in [0.5, 0.6) is 5.75 Å². The third kappa shape index (κ3) is 2.69. The van der Waals surface area contributed by atoms with Crippen LogP contribution < -0.4 is 5.63 Å². The smallest absolute Gasteiger partial charge is 0.417 e. The number of fused-ring (bicyclic) bond motifs is 3. The molecule has 3 aromatic rings. The Balaban J connectivity index is 2.54. The van der Waals surface area contributed by atoms with E-state index in [9.17, 15) is 27.9 Å². The number of esters is 1. The number of halogens is 3. The molecule has 8 heteroatoms. The molecule has 130 valence electrons. The summed E-state index contributed by atoms with van der Waals surface area (Å²) in [6.45, 7) is 1.21. The minimum atomic E-state index is -4.94. The zero-order chi connectivity index (χ0) is 18.4. The second-order valence-corrected chi connectivity index (χ2v) is 5.17. The van der Waals surface area contributed by atoms with Gasteiger partial charge in [0.15, 0.2) is 0 Å². The fourth-order valence-corrected chi connectivity index (χ4v) is 2.65. The van der Waals surface area contributed by atoms with Crippen LogP contribution in [0.1, 0.15) is 22.8 Å². The zero-order valence-corrected chi connectivity index (χ0v) is 12.8. The number of alkyl halides is 3. The molecule has 0 radical (unpaired) electrons. The third-order valence-corrected chi connectivity index (χ3v) is 3.67. The van der Waals surface area contributed by atoms with Gasteiger partial charge in [0.2, 0.25) is 0 Å². The van der Waals surface area contributed by atoms with Gasteiger partial charge < -0.3 is 14.3 Å². The molecule has 1 heterocycles. The summed E-state index contributed by atoms with van der Waals surface area (Å²) in [5.74, 6) is -2.48. The van der Waals surface area contributed by atoms with Crippen LogP contribution in [0.15, 0.2) is 39.5 Å². The standard InChI is InChI=1S/C17H11F3O5/c1-2-24-15(22)13-10(17(18,19)20)7-9-8-5-3-4-6-11(8)25-16(23)12(9)14(13)21/h3-7,21H,2H2,1H3. The number of rotatable bonds is 2. The van der Waals surface area contributed by atoms with Crippen molar-refractivity contribution in [2.75, 3.05) is 6.61 Å². The summed E-state index contributed by atoms with van der Waals surface area (Å²) in [6.07, 6.45) is -4.94. The highest BCUT2D eigenvalue weighted by Gasteiger charge is 2.39. The lowest BCUT2D eigenvalue weighted by molar-refractivity contribution is -0.138. The summed E-state index contributed by atoms with van der Waals surface area (Å²) < 4.78 is 49.9. The quantitative estimate of drug-likeness (QED) is 0.431. The van der Waals surface area contributed by atoms with Crippen LogP contribution in [-0.2, 0) is 10.9 Å². The summed E-state index contributed by atoms with van der Waals surface area (Å²) in [5, 5.41) is 9.81. The maximum Gasteiger partial charge on any atom is 0.417 e. The van der Waals surface area contributed by atoms with Crippen LogP contribution >= 0.6 is 0 Å². The molecular formula is C17H11F3O5. The average molecular weight is 352 g/mol. The van der Waals surface area contributed by atoms with Crippen LogP contribution in [-0.4, -0.2) is 17.7 Å². The molecule has 25 heavy (non-hydrogen) atoms. The van der Waals surface area contributed by atoms with Gasteiger partial charge in [-0.15, -0.1) is 0 Å². The molecule has 0 atom stereocenters. The van der Waals surface area contributed by atoms with Gasteiger partial charge in [0.05, 0.1) is 12.2 Å². The summed E-state index contributed by atoms with van der Waals surface area (Å²) in [7, 11) is 0. The minimum Gasteiger partial charge on any atom is -0.506 e. The Morgan fingerprint density at radius 3 is 2.56 bits per heavy atom. The molecule has 0 aliphatic heterocycles. The first-order valence-corrected chi connectivity index (χ1v) is 7.21. The van der Waals surface area contributed by atoms with E-state index in [1.807, 2.05) is 0 Å². The molecule has 0 unspecified atom stereocenters. The largest absolute Gasteiger partial charge is 0.506 e. The van der Waals surface area contributed by atoms with Gasteiger partial charge >= 0.3 is 17.8 Å². The Labute approximate surface area is 138 Å². The molecule has 3 rings (SSSR count). The minimum absolute atomic E-state index is 0.0661. The van der Waals surface area contributed by atoms with Gasteiger partial charge in [-0.2, -0.15) is 13.2 Å². The predicted octanol–water partition coefficient (Wildman–Crippen LogP) is 3.85. The summed E-state index contributed by atoms with van der Waals surface area (Å²) in [4.78, 5) is 24.1.